The van der Waals surface area contributed by atoms with Gasteiger partial charge in [-0.2, -0.15) is 0 Å². The van der Waals surface area contributed by atoms with Gasteiger partial charge in [-0.3, -0.25) is 14.5 Å². The Kier molecular flexibility index (Phi) is 8.78. The summed E-state index contributed by atoms with van der Waals surface area (Å²) >= 11 is 5.93. The first-order chi connectivity index (χ1) is 13.5. The molecule has 2 rings (SSSR count). The van der Waals surface area contributed by atoms with Crippen LogP contribution < -0.4 is 15.4 Å². The van der Waals surface area contributed by atoms with Crippen molar-refractivity contribution in [3.05, 3.63) is 53.6 Å². The molecule has 0 spiro atoms. The third-order valence-electron chi connectivity index (χ3n) is 4.05. The van der Waals surface area contributed by atoms with Crippen molar-refractivity contribution in [1.29, 1.82) is 0 Å². The van der Waals surface area contributed by atoms with Crippen LogP contribution in [-0.2, 0) is 9.59 Å². The smallest absolute Gasteiger partial charge is 0.238 e. The second-order valence-electron chi connectivity index (χ2n) is 6.33. The van der Waals surface area contributed by atoms with E-state index in [9.17, 15) is 9.59 Å². The zero-order chi connectivity index (χ0) is 20.4. The number of hydrogen-bond donors (Lipinski definition) is 2. The number of carbonyl (C=O) groups excluding carboxylic acids is 2. The Labute approximate surface area is 170 Å². The number of nitrogens with one attached hydrogen (secondary N) is 2. The number of ether oxygens (including phenoxy) is 1. The van der Waals surface area contributed by atoms with Crippen LogP contribution in [0.25, 0.3) is 0 Å². The third-order valence-corrected chi connectivity index (χ3v) is 4.29. The number of benzene rings is 2. The van der Waals surface area contributed by atoms with E-state index in [-0.39, 0.29) is 24.8 Å². The van der Waals surface area contributed by atoms with Crippen LogP contribution in [0.4, 0.5) is 11.4 Å². The summed E-state index contributed by atoms with van der Waals surface area (Å²) in [5, 5.41) is 6.25. The molecular weight excluding hydrogens is 378 g/mol. The molecule has 2 N–H and O–H groups in total. The maximum absolute atomic E-state index is 12.4. The molecule has 0 fully saturated rings. The summed E-state index contributed by atoms with van der Waals surface area (Å²) in [5.74, 6) is 0.348. The second-order valence-corrected chi connectivity index (χ2v) is 6.77. The number of halogens is 1. The monoisotopic (exact) mass is 403 g/mol. The van der Waals surface area contributed by atoms with Crippen LogP contribution in [0.2, 0.25) is 5.02 Å². The van der Waals surface area contributed by atoms with Crippen LogP contribution in [0.5, 0.6) is 5.75 Å². The van der Waals surface area contributed by atoms with E-state index in [1.165, 1.54) is 0 Å². The normalized spacial score (nSPS) is 10.6. The molecular formula is C21H26ClN3O3. The van der Waals surface area contributed by atoms with E-state index in [0.29, 0.717) is 28.7 Å². The first-order valence-electron chi connectivity index (χ1n) is 9.22. The summed E-state index contributed by atoms with van der Waals surface area (Å²) in [5.41, 5.74) is 1.29. The summed E-state index contributed by atoms with van der Waals surface area (Å²) in [6, 6.07) is 14.3. The Hall–Kier alpha value is -2.57. The van der Waals surface area contributed by atoms with Gasteiger partial charge in [0.15, 0.2) is 0 Å². The van der Waals surface area contributed by atoms with Crippen molar-refractivity contribution >= 4 is 34.8 Å². The van der Waals surface area contributed by atoms with Crippen molar-refractivity contribution in [2.24, 2.45) is 0 Å². The standard InChI is InChI=1S/C21H26ClN3O3/c1-3-12-25(13-11-20(26)23-17-8-6-7-16(22)14-17)15-21(27)24-18-9-4-5-10-19(18)28-2/h4-10,14H,3,11-13,15H2,1-2H3,(H,23,26)(H,24,27). The number of rotatable bonds is 10. The van der Waals surface area contributed by atoms with Crippen LogP contribution in [-0.4, -0.2) is 43.5 Å². The van der Waals surface area contributed by atoms with Gasteiger partial charge in [-0.1, -0.05) is 36.7 Å². The predicted molar refractivity (Wildman–Crippen MR) is 113 cm³/mol. The van der Waals surface area contributed by atoms with Crippen molar-refractivity contribution < 1.29 is 14.3 Å². The molecule has 0 bridgehead atoms. The fourth-order valence-corrected chi connectivity index (χ4v) is 2.97. The lowest BCUT2D eigenvalue weighted by molar-refractivity contribution is -0.119. The Morgan fingerprint density at radius 3 is 2.54 bits per heavy atom. The average Bonchev–Trinajstić information content (AvgIpc) is 2.66. The van der Waals surface area contributed by atoms with E-state index in [4.69, 9.17) is 16.3 Å². The fourth-order valence-electron chi connectivity index (χ4n) is 2.78. The largest absolute Gasteiger partial charge is 0.495 e. The average molecular weight is 404 g/mol. The Balaban J connectivity index is 1.86. The topological polar surface area (TPSA) is 70.7 Å². The number of para-hydroxylation sites is 2. The molecule has 2 aromatic carbocycles. The summed E-state index contributed by atoms with van der Waals surface area (Å²) in [4.78, 5) is 26.6. The van der Waals surface area contributed by atoms with Crippen LogP contribution >= 0.6 is 11.6 Å². The molecule has 0 heterocycles. The van der Waals surface area contributed by atoms with E-state index in [1.807, 2.05) is 24.0 Å². The minimum Gasteiger partial charge on any atom is -0.495 e. The van der Waals surface area contributed by atoms with E-state index in [0.717, 1.165) is 13.0 Å². The van der Waals surface area contributed by atoms with Gasteiger partial charge in [0.1, 0.15) is 5.75 Å². The molecule has 7 heteroatoms. The Morgan fingerprint density at radius 1 is 1.04 bits per heavy atom. The Morgan fingerprint density at radius 2 is 1.82 bits per heavy atom. The molecule has 0 saturated heterocycles. The Bertz CT molecular complexity index is 798. The first-order valence-corrected chi connectivity index (χ1v) is 9.60. The van der Waals surface area contributed by atoms with E-state index >= 15 is 0 Å². The molecule has 28 heavy (non-hydrogen) atoms. The molecule has 0 saturated carbocycles. The molecule has 0 radical (unpaired) electrons. The maximum atomic E-state index is 12.4. The summed E-state index contributed by atoms with van der Waals surface area (Å²) < 4.78 is 5.25. The molecule has 2 aromatic rings. The fraction of sp³-hybridized carbons (Fsp3) is 0.333. The number of amides is 2. The minimum atomic E-state index is -0.145. The summed E-state index contributed by atoms with van der Waals surface area (Å²) in [7, 11) is 1.56. The zero-order valence-corrected chi connectivity index (χ0v) is 17.0. The van der Waals surface area contributed by atoms with Crippen LogP contribution in [0, 0.1) is 0 Å². The lowest BCUT2D eigenvalue weighted by Crippen LogP contribution is -2.36. The molecule has 0 aliphatic carbocycles. The summed E-state index contributed by atoms with van der Waals surface area (Å²) in [6.07, 6.45) is 1.17. The van der Waals surface area contributed by atoms with Gasteiger partial charge in [0, 0.05) is 23.7 Å². The third kappa shape index (κ3) is 7.21. The highest BCUT2D eigenvalue weighted by Gasteiger charge is 2.14. The second kappa shape index (κ2) is 11.3. The first kappa shape index (κ1) is 21.7. The molecule has 150 valence electrons. The van der Waals surface area contributed by atoms with Crippen molar-refractivity contribution in [2.75, 3.05) is 37.4 Å². The molecule has 0 aliphatic heterocycles. The summed E-state index contributed by atoms with van der Waals surface area (Å²) in [6.45, 7) is 3.46. The van der Waals surface area contributed by atoms with E-state index in [1.54, 1.807) is 43.5 Å². The molecule has 6 nitrogen and oxygen atoms in total. The number of nitrogens with zero attached hydrogens (tertiary/aromatic N) is 1. The number of carbonyl (C=O) groups is 2. The highest BCUT2D eigenvalue weighted by atomic mass is 35.5. The minimum absolute atomic E-state index is 0.117. The molecule has 2 amide bonds. The number of anilines is 2. The molecule has 0 unspecified atom stereocenters. The van der Waals surface area contributed by atoms with Gasteiger partial charge in [-0.15, -0.1) is 0 Å². The number of hydrogen-bond acceptors (Lipinski definition) is 4. The van der Waals surface area contributed by atoms with Gasteiger partial charge in [0.05, 0.1) is 19.3 Å². The van der Waals surface area contributed by atoms with Gasteiger partial charge in [0.25, 0.3) is 0 Å². The van der Waals surface area contributed by atoms with Crippen LogP contribution in [0.15, 0.2) is 48.5 Å². The van der Waals surface area contributed by atoms with Crippen molar-refractivity contribution in [2.45, 2.75) is 19.8 Å². The molecule has 0 aromatic heterocycles. The zero-order valence-electron chi connectivity index (χ0n) is 16.2. The van der Waals surface area contributed by atoms with Crippen molar-refractivity contribution in [3.63, 3.8) is 0 Å². The lowest BCUT2D eigenvalue weighted by atomic mass is 10.2. The van der Waals surface area contributed by atoms with Gasteiger partial charge in [0.2, 0.25) is 11.8 Å². The molecule has 0 atom stereocenters. The van der Waals surface area contributed by atoms with E-state index < -0.39 is 0 Å². The van der Waals surface area contributed by atoms with Crippen LogP contribution in [0.3, 0.4) is 0 Å². The highest BCUT2D eigenvalue weighted by Crippen LogP contribution is 2.22. The predicted octanol–water partition coefficient (Wildman–Crippen LogP) is 4.03. The van der Waals surface area contributed by atoms with Crippen molar-refractivity contribution in [1.82, 2.24) is 4.90 Å². The van der Waals surface area contributed by atoms with Gasteiger partial charge >= 0.3 is 0 Å². The quantitative estimate of drug-likeness (QED) is 0.628. The molecule has 0 aliphatic rings. The van der Waals surface area contributed by atoms with E-state index in [2.05, 4.69) is 10.6 Å². The van der Waals surface area contributed by atoms with Gasteiger partial charge in [-0.25, -0.2) is 0 Å². The van der Waals surface area contributed by atoms with Gasteiger partial charge < -0.3 is 15.4 Å². The van der Waals surface area contributed by atoms with Crippen LogP contribution in [0.1, 0.15) is 19.8 Å². The lowest BCUT2D eigenvalue weighted by Gasteiger charge is -2.21. The van der Waals surface area contributed by atoms with Gasteiger partial charge in [-0.05, 0) is 43.3 Å². The maximum Gasteiger partial charge on any atom is 0.238 e. The number of methoxy groups -OCH3 is 1. The van der Waals surface area contributed by atoms with Crippen molar-refractivity contribution in [3.8, 4) is 5.75 Å². The highest BCUT2D eigenvalue weighted by molar-refractivity contribution is 6.30. The SMILES string of the molecule is CCCN(CCC(=O)Nc1cccc(Cl)c1)CC(=O)Nc1ccccc1OC.